The molecule has 1 aromatic carbocycles. The summed E-state index contributed by atoms with van der Waals surface area (Å²) in [6.07, 6.45) is 1.77. The summed E-state index contributed by atoms with van der Waals surface area (Å²) < 4.78 is 2.35. The van der Waals surface area contributed by atoms with Crippen LogP contribution in [0.5, 0.6) is 0 Å². The molecule has 3 rings (SSSR count). The number of aromatic nitrogens is 1. The van der Waals surface area contributed by atoms with Gasteiger partial charge in [-0.1, -0.05) is 35.8 Å². The van der Waals surface area contributed by atoms with Gasteiger partial charge < -0.3 is 9.67 Å². The second kappa shape index (κ2) is 6.30. The fourth-order valence-corrected chi connectivity index (χ4v) is 4.20. The molecule has 0 radical (unpaired) electrons. The van der Waals surface area contributed by atoms with E-state index in [-0.39, 0.29) is 11.3 Å². The van der Waals surface area contributed by atoms with Crippen molar-refractivity contribution >= 4 is 21.7 Å². The van der Waals surface area contributed by atoms with E-state index in [1.54, 1.807) is 24.4 Å². The Kier molecular flexibility index (Phi) is 4.49. The number of rotatable bonds is 3. The van der Waals surface area contributed by atoms with E-state index in [1.165, 1.54) is 10.6 Å². The lowest BCUT2D eigenvalue weighted by Gasteiger charge is -2.44. The minimum atomic E-state index is -0.957. The minimum absolute atomic E-state index is 0.0391. The van der Waals surface area contributed by atoms with Crippen LogP contribution in [-0.4, -0.2) is 21.6 Å². The first-order chi connectivity index (χ1) is 11.5. The van der Waals surface area contributed by atoms with Gasteiger partial charge in [0, 0.05) is 22.3 Å². The first kappa shape index (κ1) is 17.1. The van der Waals surface area contributed by atoms with Gasteiger partial charge in [-0.15, -0.1) is 0 Å². The van der Waals surface area contributed by atoms with Gasteiger partial charge in [0.2, 0.25) is 0 Å². The standard InChI is InChI=1S/C19H20BrNO3/c1-3-19(4-2)17(23)13-9-8-12(20)11-14(13)16(18(19)24)21-10-6-5-7-15(21)22/h5-11,16,18,24H,3-4H2,1-2H3/t16-,18+/m1/s1. The lowest BCUT2D eigenvalue weighted by atomic mass is 9.63. The largest absolute Gasteiger partial charge is 0.390 e. The molecule has 5 heteroatoms. The van der Waals surface area contributed by atoms with E-state index >= 15 is 0 Å². The summed E-state index contributed by atoms with van der Waals surface area (Å²) in [4.78, 5) is 25.5. The Balaban J connectivity index is 2.33. The number of carbonyl (C=O) groups excluding carboxylic acids is 1. The van der Waals surface area contributed by atoms with Crippen LogP contribution in [0.25, 0.3) is 0 Å². The molecule has 1 aromatic heterocycles. The smallest absolute Gasteiger partial charge is 0.251 e. The van der Waals surface area contributed by atoms with Gasteiger partial charge in [-0.25, -0.2) is 0 Å². The van der Waals surface area contributed by atoms with Crippen molar-refractivity contribution in [1.29, 1.82) is 0 Å². The molecule has 0 saturated heterocycles. The van der Waals surface area contributed by atoms with Crippen molar-refractivity contribution in [2.24, 2.45) is 5.41 Å². The molecule has 4 nitrogen and oxygen atoms in total. The maximum Gasteiger partial charge on any atom is 0.251 e. The Morgan fingerprint density at radius 1 is 1.17 bits per heavy atom. The van der Waals surface area contributed by atoms with Crippen LogP contribution in [0.15, 0.2) is 51.9 Å². The molecule has 1 aliphatic carbocycles. The van der Waals surface area contributed by atoms with Crippen LogP contribution in [0.4, 0.5) is 0 Å². The third kappa shape index (κ3) is 2.38. The summed E-state index contributed by atoms with van der Waals surface area (Å²) in [7, 11) is 0. The highest BCUT2D eigenvalue weighted by Gasteiger charge is 2.51. The maximum absolute atomic E-state index is 13.1. The minimum Gasteiger partial charge on any atom is -0.390 e. The number of pyridine rings is 1. The molecule has 0 saturated carbocycles. The summed E-state index contributed by atoms with van der Waals surface area (Å²) in [5.41, 5.74) is 0.212. The number of hydrogen-bond acceptors (Lipinski definition) is 3. The van der Waals surface area contributed by atoms with E-state index in [9.17, 15) is 14.7 Å². The molecular formula is C19H20BrNO3. The van der Waals surface area contributed by atoms with E-state index in [2.05, 4.69) is 15.9 Å². The summed E-state index contributed by atoms with van der Waals surface area (Å²) in [6, 6.07) is 9.78. The van der Waals surface area contributed by atoms with E-state index in [0.717, 1.165) is 4.47 Å². The zero-order valence-electron chi connectivity index (χ0n) is 13.7. The first-order valence-electron chi connectivity index (χ1n) is 8.15. The highest BCUT2D eigenvalue weighted by atomic mass is 79.9. The molecule has 24 heavy (non-hydrogen) atoms. The molecule has 0 amide bonds. The van der Waals surface area contributed by atoms with E-state index < -0.39 is 17.6 Å². The fraction of sp³-hybridized carbons (Fsp3) is 0.368. The quantitative estimate of drug-likeness (QED) is 0.872. The number of hydrogen-bond donors (Lipinski definition) is 1. The van der Waals surface area contributed by atoms with Crippen molar-refractivity contribution in [3.8, 4) is 0 Å². The summed E-state index contributed by atoms with van der Waals surface area (Å²) >= 11 is 3.43. The molecule has 1 aliphatic rings. The third-order valence-electron chi connectivity index (χ3n) is 5.31. The normalized spacial score (nSPS) is 22.2. The van der Waals surface area contributed by atoms with Gasteiger partial charge in [0.05, 0.1) is 17.6 Å². The number of aliphatic hydroxyl groups excluding tert-OH is 1. The van der Waals surface area contributed by atoms with Gasteiger partial charge >= 0.3 is 0 Å². The number of fused-ring (bicyclic) bond motifs is 1. The van der Waals surface area contributed by atoms with Crippen LogP contribution in [0.3, 0.4) is 0 Å². The Labute approximate surface area is 149 Å². The molecule has 0 fully saturated rings. The van der Waals surface area contributed by atoms with Crippen molar-refractivity contribution in [3.05, 3.63) is 68.5 Å². The Morgan fingerprint density at radius 3 is 2.50 bits per heavy atom. The summed E-state index contributed by atoms with van der Waals surface area (Å²) in [5.74, 6) is -0.0391. The first-order valence-corrected chi connectivity index (χ1v) is 8.95. The third-order valence-corrected chi connectivity index (χ3v) is 5.80. The average Bonchev–Trinajstić information content (AvgIpc) is 2.58. The molecule has 0 aliphatic heterocycles. The molecular weight excluding hydrogens is 370 g/mol. The molecule has 0 bridgehead atoms. The Morgan fingerprint density at radius 2 is 1.88 bits per heavy atom. The highest BCUT2D eigenvalue weighted by molar-refractivity contribution is 9.10. The zero-order valence-corrected chi connectivity index (χ0v) is 15.3. The number of nitrogens with zero attached hydrogens (tertiary/aromatic N) is 1. The van der Waals surface area contributed by atoms with Crippen LogP contribution in [0, 0.1) is 5.41 Å². The lowest BCUT2D eigenvalue weighted by molar-refractivity contribution is -0.00679. The second-order valence-electron chi connectivity index (χ2n) is 6.26. The molecule has 1 N–H and O–H groups in total. The zero-order chi connectivity index (χ0) is 17.5. The van der Waals surface area contributed by atoms with Gasteiger partial charge in [0.1, 0.15) is 0 Å². The van der Waals surface area contributed by atoms with E-state index in [4.69, 9.17) is 0 Å². The predicted molar refractivity (Wildman–Crippen MR) is 96.3 cm³/mol. The van der Waals surface area contributed by atoms with Crippen molar-refractivity contribution in [3.63, 3.8) is 0 Å². The second-order valence-corrected chi connectivity index (χ2v) is 7.18. The van der Waals surface area contributed by atoms with E-state index in [1.807, 2.05) is 26.0 Å². The van der Waals surface area contributed by atoms with Crippen LogP contribution in [-0.2, 0) is 0 Å². The van der Waals surface area contributed by atoms with Crippen LogP contribution in [0.2, 0.25) is 0 Å². The van der Waals surface area contributed by atoms with Gasteiger partial charge in [0.15, 0.2) is 5.78 Å². The molecule has 2 atom stereocenters. The van der Waals surface area contributed by atoms with Gasteiger partial charge in [-0.3, -0.25) is 9.59 Å². The monoisotopic (exact) mass is 389 g/mol. The summed E-state index contributed by atoms with van der Waals surface area (Å²) in [6.45, 7) is 3.83. The van der Waals surface area contributed by atoms with Crippen molar-refractivity contribution in [2.75, 3.05) is 0 Å². The fourth-order valence-electron chi connectivity index (χ4n) is 3.82. The van der Waals surface area contributed by atoms with Crippen LogP contribution >= 0.6 is 15.9 Å². The van der Waals surface area contributed by atoms with Gasteiger partial charge in [-0.05, 0) is 42.7 Å². The van der Waals surface area contributed by atoms with Gasteiger partial charge in [0.25, 0.3) is 5.56 Å². The molecule has 1 heterocycles. The van der Waals surface area contributed by atoms with Crippen molar-refractivity contribution < 1.29 is 9.90 Å². The van der Waals surface area contributed by atoms with Crippen molar-refractivity contribution in [2.45, 2.75) is 38.8 Å². The lowest BCUT2D eigenvalue weighted by Crippen LogP contribution is -2.52. The molecule has 0 unspecified atom stereocenters. The predicted octanol–water partition coefficient (Wildman–Crippen LogP) is 3.56. The molecule has 0 spiro atoms. The Bertz CT molecular complexity index is 839. The Hall–Kier alpha value is -1.72. The van der Waals surface area contributed by atoms with E-state index in [0.29, 0.717) is 24.0 Å². The SMILES string of the molecule is CCC1(CC)C(=O)c2ccc(Br)cc2[C@@H](n2ccccc2=O)[C@@H]1O. The molecule has 126 valence electrons. The summed E-state index contributed by atoms with van der Waals surface area (Å²) in [5, 5.41) is 11.2. The number of ketones is 1. The number of aliphatic hydroxyl groups is 1. The number of Topliss-reactive ketones (excluding diaryl/α,β-unsaturated/α-hetero) is 1. The number of benzene rings is 1. The highest BCUT2D eigenvalue weighted by Crippen LogP contribution is 2.47. The topological polar surface area (TPSA) is 59.3 Å². The van der Waals surface area contributed by atoms with Crippen LogP contribution < -0.4 is 5.56 Å². The average molecular weight is 390 g/mol. The molecule has 2 aromatic rings. The maximum atomic E-state index is 13.1. The number of carbonyl (C=O) groups is 1. The van der Waals surface area contributed by atoms with Crippen LogP contribution in [0.1, 0.15) is 48.7 Å². The van der Waals surface area contributed by atoms with Crippen molar-refractivity contribution in [1.82, 2.24) is 4.57 Å². The number of halogens is 1. The van der Waals surface area contributed by atoms with Gasteiger partial charge in [-0.2, -0.15) is 0 Å².